The van der Waals surface area contributed by atoms with Crippen LogP contribution in [0.5, 0.6) is 0 Å². The van der Waals surface area contributed by atoms with Crippen LogP contribution in [0.4, 0.5) is 5.69 Å². The summed E-state index contributed by atoms with van der Waals surface area (Å²) < 4.78 is 2.12. The smallest absolute Gasteiger partial charge is 0.158 e. The Hall–Kier alpha value is -1.62. The maximum absolute atomic E-state index is 5.87. The molecule has 5 heteroatoms. The summed E-state index contributed by atoms with van der Waals surface area (Å²) >= 11 is 0. The van der Waals surface area contributed by atoms with E-state index in [1.807, 2.05) is 6.07 Å². The summed E-state index contributed by atoms with van der Waals surface area (Å²) in [5.41, 5.74) is 14.5. The quantitative estimate of drug-likeness (QED) is 0.878. The first-order valence-corrected chi connectivity index (χ1v) is 7.10. The number of anilines is 1. The largest absolute Gasteiger partial charge is 0.397 e. The average molecular weight is 257 g/mol. The van der Waals surface area contributed by atoms with Crippen LogP contribution in [0.15, 0.2) is 12.3 Å². The fourth-order valence-electron chi connectivity index (χ4n) is 3.07. The minimum absolute atomic E-state index is 0.472. The minimum atomic E-state index is 0.472. The molecular formula is C14H19N5. The molecule has 2 aliphatic rings. The Morgan fingerprint density at radius 2 is 2.11 bits per heavy atom. The number of fused-ring (bicyclic) bond motifs is 1. The summed E-state index contributed by atoms with van der Waals surface area (Å²) in [6, 6.07) is 2.50. The van der Waals surface area contributed by atoms with E-state index in [2.05, 4.69) is 9.67 Å². The van der Waals surface area contributed by atoms with Crippen LogP contribution in [-0.2, 0) is 0 Å². The lowest BCUT2D eigenvalue weighted by Crippen LogP contribution is -2.32. The fraction of sp³-hybridized carbons (Fsp3) is 0.571. The molecule has 0 spiro atoms. The second kappa shape index (κ2) is 3.93. The summed E-state index contributed by atoms with van der Waals surface area (Å²) in [6.07, 6.45) is 6.48. The van der Waals surface area contributed by atoms with Crippen molar-refractivity contribution in [3.8, 4) is 0 Å². The molecule has 2 saturated carbocycles. The van der Waals surface area contributed by atoms with E-state index < -0.39 is 0 Å². The molecule has 0 saturated heterocycles. The van der Waals surface area contributed by atoms with Gasteiger partial charge in [0.2, 0.25) is 0 Å². The van der Waals surface area contributed by atoms with Crippen molar-refractivity contribution in [1.82, 2.24) is 14.8 Å². The Kier molecular flexibility index (Phi) is 2.33. The highest BCUT2D eigenvalue weighted by atomic mass is 15.3. The first-order chi connectivity index (χ1) is 9.26. The van der Waals surface area contributed by atoms with Gasteiger partial charge in [-0.1, -0.05) is 0 Å². The standard InChI is InChI=1S/C14H19N5/c15-6-8-3-11(4-8)19-14-12(5-10(16)7-17-14)13(18-19)9-1-2-9/h5,7-9,11H,1-4,6,15-16H2. The van der Waals surface area contributed by atoms with Crippen molar-refractivity contribution < 1.29 is 0 Å². The molecule has 0 radical (unpaired) electrons. The van der Waals surface area contributed by atoms with Gasteiger partial charge in [0.15, 0.2) is 5.65 Å². The van der Waals surface area contributed by atoms with Crippen LogP contribution in [0.1, 0.15) is 43.3 Å². The van der Waals surface area contributed by atoms with Crippen LogP contribution in [0.3, 0.4) is 0 Å². The molecule has 0 unspecified atom stereocenters. The maximum atomic E-state index is 5.87. The molecule has 4 N–H and O–H groups in total. The number of nitrogen functional groups attached to an aromatic ring is 1. The van der Waals surface area contributed by atoms with Gasteiger partial charge in [-0.25, -0.2) is 9.67 Å². The summed E-state index contributed by atoms with van der Waals surface area (Å²) in [7, 11) is 0. The van der Waals surface area contributed by atoms with Crippen molar-refractivity contribution in [2.75, 3.05) is 12.3 Å². The van der Waals surface area contributed by atoms with Crippen LogP contribution in [0, 0.1) is 5.92 Å². The molecule has 0 aliphatic heterocycles. The van der Waals surface area contributed by atoms with Gasteiger partial charge in [0.1, 0.15) is 0 Å². The number of hydrogen-bond donors (Lipinski definition) is 2. The van der Waals surface area contributed by atoms with E-state index in [0.29, 0.717) is 17.9 Å². The first kappa shape index (κ1) is 11.2. The van der Waals surface area contributed by atoms with Gasteiger partial charge in [-0.3, -0.25) is 0 Å². The van der Waals surface area contributed by atoms with Crippen LogP contribution in [0.2, 0.25) is 0 Å². The van der Waals surface area contributed by atoms with Gasteiger partial charge in [-0.2, -0.15) is 5.10 Å². The van der Waals surface area contributed by atoms with Gasteiger partial charge in [0.25, 0.3) is 0 Å². The molecule has 0 aromatic carbocycles. The molecule has 5 nitrogen and oxygen atoms in total. The van der Waals surface area contributed by atoms with Gasteiger partial charge in [-0.05, 0) is 44.2 Å². The zero-order valence-electron chi connectivity index (χ0n) is 10.9. The van der Waals surface area contributed by atoms with E-state index in [1.54, 1.807) is 6.20 Å². The van der Waals surface area contributed by atoms with Crippen molar-refractivity contribution in [3.05, 3.63) is 18.0 Å². The Balaban J connectivity index is 1.78. The monoisotopic (exact) mass is 257 g/mol. The van der Waals surface area contributed by atoms with Crippen LogP contribution in [-0.4, -0.2) is 21.3 Å². The van der Waals surface area contributed by atoms with Crippen molar-refractivity contribution >= 4 is 16.7 Å². The molecule has 2 aliphatic carbocycles. The van der Waals surface area contributed by atoms with E-state index in [1.165, 1.54) is 18.5 Å². The lowest BCUT2D eigenvalue weighted by Gasteiger charge is -2.34. The zero-order valence-corrected chi connectivity index (χ0v) is 10.9. The summed E-state index contributed by atoms with van der Waals surface area (Å²) in [5.74, 6) is 1.28. The molecule has 2 aromatic rings. The van der Waals surface area contributed by atoms with Gasteiger partial charge in [0, 0.05) is 11.3 Å². The Morgan fingerprint density at radius 1 is 1.32 bits per heavy atom. The van der Waals surface area contributed by atoms with Crippen LogP contribution < -0.4 is 11.5 Å². The van der Waals surface area contributed by atoms with Crippen molar-refractivity contribution in [2.45, 2.75) is 37.6 Å². The number of nitrogens with zero attached hydrogens (tertiary/aromatic N) is 3. The molecule has 0 amide bonds. The normalized spacial score (nSPS) is 26.6. The van der Waals surface area contributed by atoms with Crippen molar-refractivity contribution in [1.29, 1.82) is 0 Å². The van der Waals surface area contributed by atoms with Crippen LogP contribution in [0.25, 0.3) is 11.0 Å². The highest BCUT2D eigenvalue weighted by molar-refractivity contribution is 5.82. The topological polar surface area (TPSA) is 82.8 Å². The second-order valence-electron chi connectivity index (χ2n) is 5.97. The zero-order chi connectivity index (χ0) is 13.0. The summed E-state index contributed by atoms with van der Waals surface area (Å²) in [6.45, 7) is 0.783. The van der Waals surface area contributed by atoms with Gasteiger partial charge in [0.05, 0.1) is 23.6 Å². The lowest BCUT2D eigenvalue weighted by molar-refractivity contribution is 0.193. The van der Waals surface area contributed by atoms with E-state index in [0.717, 1.165) is 36.1 Å². The third-order valence-electron chi connectivity index (χ3n) is 4.45. The molecule has 2 heterocycles. The molecule has 0 atom stereocenters. The second-order valence-corrected chi connectivity index (χ2v) is 5.97. The molecular weight excluding hydrogens is 238 g/mol. The molecule has 19 heavy (non-hydrogen) atoms. The number of nitrogens with two attached hydrogens (primary N) is 2. The minimum Gasteiger partial charge on any atom is -0.397 e. The SMILES string of the molecule is NCC1CC(n2nc(C3CC3)c3cc(N)cnc32)C1. The third-order valence-corrected chi connectivity index (χ3v) is 4.45. The Bertz CT molecular complexity index is 622. The van der Waals surface area contributed by atoms with E-state index in [-0.39, 0.29) is 0 Å². The highest BCUT2D eigenvalue weighted by Gasteiger charge is 2.35. The number of rotatable bonds is 3. The third kappa shape index (κ3) is 1.72. The highest BCUT2D eigenvalue weighted by Crippen LogP contribution is 2.45. The predicted molar refractivity (Wildman–Crippen MR) is 74.7 cm³/mol. The Labute approximate surface area is 112 Å². The summed E-state index contributed by atoms with van der Waals surface area (Å²) in [5, 5.41) is 5.99. The van der Waals surface area contributed by atoms with E-state index in [4.69, 9.17) is 16.6 Å². The van der Waals surface area contributed by atoms with Gasteiger partial charge < -0.3 is 11.5 Å². The molecule has 2 fully saturated rings. The molecule has 100 valence electrons. The van der Waals surface area contributed by atoms with Gasteiger partial charge >= 0.3 is 0 Å². The number of hydrogen-bond acceptors (Lipinski definition) is 4. The number of pyridine rings is 1. The number of aromatic nitrogens is 3. The fourth-order valence-corrected chi connectivity index (χ4v) is 3.07. The molecule has 4 rings (SSSR count). The van der Waals surface area contributed by atoms with Crippen molar-refractivity contribution in [3.63, 3.8) is 0 Å². The lowest BCUT2D eigenvalue weighted by atomic mass is 9.80. The molecule has 2 aromatic heterocycles. The average Bonchev–Trinajstić information content (AvgIpc) is 3.12. The van der Waals surface area contributed by atoms with E-state index >= 15 is 0 Å². The summed E-state index contributed by atoms with van der Waals surface area (Å²) in [4.78, 5) is 4.51. The maximum Gasteiger partial charge on any atom is 0.158 e. The van der Waals surface area contributed by atoms with Gasteiger partial charge in [-0.15, -0.1) is 0 Å². The van der Waals surface area contributed by atoms with Crippen molar-refractivity contribution in [2.24, 2.45) is 11.7 Å². The van der Waals surface area contributed by atoms with E-state index in [9.17, 15) is 0 Å². The first-order valence-electron chi connectivity index (χ1n) is 7.10. The predicted octanol–water partition coefficient (Wildman–Crippen LogP) is 1.80. The van der Waals surface area contributed by atoms with Crippen LogP contribution >= 0.6 is 0 Å². The molecule has 0 bridgehead atoms. The Morgan fingerprint density at radius 3 is 2.79 bits per heavy atom.